The highest BCUT2D eigenvalue weighted by molar-refractivity contribution is 5.68. The van der Waals surface area contributed by atoms with Crippen molar-refractivity contribution in [3.8, 4) is 0 Å². The first kappa shape index (κ1) is 19.6. The van der Waals surface area contributed by atoms with Crippen molar-refractivity contribution in [3.05, 3.63) is 102 Å². The van der Waals surface area contributed by atoms with Crippen molar-refractivity contribution in [2.75, 3.05) is 5.73 Å². The van der Waals surface area contributed by atoms with Gasteiger partial charge in [0.25, 0.3) is 0 Å². The molecule has 28 heavy (non-hydrogen) atoms. The fourth-order valence-corrected chi connectivity index (χ4v) is 3.59. The molecule has 3 N–H and O–H groups in total. The van der Waals surface area contributed by atoms with Crippen LogP contribution >= 0.6 is 0 Å². The third-order valence-electron chi connectivity index (χ3n) is 5.05. The van der Waals surface area contributed by atoms with Gasteiger partial charge in [0.15, 0.2) is 0 Å². The van der Waals surface area contributed by atoms with Crippen molar-refractivity contribution in [1.82, 2.24) is 4.90 Å². The molecule has 0 aliphatic carbocycles. The third-order valence-corrected chi connectivity index (χ3v) is 5.05. The summed E-state index contributed by atoms with van der Waals surface area (Å²) in [4.78, 5) is 14.0. The molecular weight excluding hydrogens is 348 g/mol. The van der Waals surface area contributed by atoms with E-state index in [2.05, 4.69) is 36.1 Å². The summed E-state index contributed by atoms with van der Waals surface area (Å²) in [6.45, 7) is 2.77. The van der Waals surface area contributed by atoms with Gasteiger partial charge in [-0.25, -0.2) is 0 Å². The van der Waals surface area contributed by atoms with Gasteiger partial charge in [-0.2, -0.15) is 0 Å². The van der Waals surface area contributed by atoms with Crippen LogP contribution in [0.1, 0.15) is 42.1 Å². The monoisotopic (exact) mass is 374 g/mol. The lowest BCUT2D eigenvalue weighted by atomic mass is 9.96. The van der Waals surface area contributed by atoms with Gasteiger partial charge < -0.3 is 10.8 Å². The fraction of sp³-hybridized carbons (Fsp3) is 0.208. The molecule has 0 aliphatic heterocycles. The average Bonchev–Trinajstić information content (AvgIpc) is 2.71. The number of hydrogen-bond acceptors (Lipinski definition) is 3. The highest BCUT2D eigenvalue weighted by Gasteiger charge is 2.28. The molecule has 3 rings (SSSR count). The molecule has 0 aliphatic rings. The Morgan fingerprint density at radius 1 is 0.929 bits per heavy atom. The molecule has 0 radical (unpaired) electrons. The Balaban J connectivity index is 2.03. The minimum atomic E-state index is -0.828. The van der Waals surface area contributed by atoms with Crippen LogP contribution in [-0.4, -0.2) is 16.0 Å². The molecule has 4 heteroatoms. The Hall–Kier alpha value is -3.11. The Morgan fingerprint density at radius 2 is 1.54 bits per heavy atom. The third kappa shape index (κ3) is 4.99. The molecule has 0 unspecified atom stereocenters. The summed E-state index contributed by atoms with van der Waals surface area (Å²) in [5.74, 6) is -0.828. The lowest BCUT2D eigenvalue weighted by Gasteiger charge is -2.37. The molecule has 0 amide bonds. The van der Waals surface area contributed by atoms with Crippen molar-refractivity contribution in [2.24, 2.45) is 0 Å². The standard InChI is InChI=1S/C24H26N2O2/c1-18(20-11-6-3-7-12-20)26(17-19-9-4-2-5-10-19)23(16-24(27)28)21-13-8-14-22(25)15-21/h2-15,18,23H,16-17,25H2,1H3,(H,27,28)/t18-,23+/m1/s1. The number of nitrogen functional groups attached to an aromatic ring is 1. The Kier molecular flexibility index (Phi) is 6.45. The molecule has 0 saturated carbocycles. The number of hydrogen-bond donors (Lipinski definition) is 2. The van der Waals surface area contributed by atoms with Gasteiger partial charge in [-0.05, 0) is 35.7 Å². The zero-order valence-electron chi connectivity index (χ0n) is 16.0. The van der Waals surface area contributed by atoms with Gasteiger partial charge in [0, 0.05) is 24.3 Å². The normalized spacial score (nSPS) is 13.2. The topological polar surface area (TPSA) is 66.6 Å². The van der Waals surface area contributed by atoms with Crippen molar-refractivity contribution in [3.63, 3.8) is 0 Å². The van der Waals surface area contributed by atoms with Gasteiger partial charge in [-0.1, -0.05) is 72.8 Å². The van der Waals surface area contributed by atoms with Crippen LogP contribution in [0.15, 0.2) is 84.9 Å². The fourth-order valence-electron chi connectivity index (χ4n) is 3.59. The van der Waals surface area contributed by atoms with Crippen LogP contribution in [0.25, 0.3) is 0 Å². The van der Waals surface area contributed by atoms with E-state index in [0.29, 0.717) is 12.2 Å². The van der Waals surface area contributed by atoms with Crippen LogP contribution in [0, 0.1) is 0 Å². The largest absolute Gasteiger partial charge is 0.481 e. The van der Waals surface area contributed by atoms with Gasteiger partial charge in [0.2, 0.25) is 0 Å². The van der Waals surface area contributed by atoms with Gasteiger partial charge in [-0.15, -0.1) is 0 Å². The van der Waals surface area contributed by atoms with Crippen LogP contribution < -0.4 is 5.73 Å². The van der Waals surface area contributed by atoms with Gasteiger partial charge in [-0.3, -0.25) is 9.69 Å². The van der Waals surface area contributed by atoms with Crippen LogP contribution in [0.4, 0.5) is 5.69 Å². The van der Waals surface area contributed by atoms with E-state index in [9.17, 15) is 9.90 Å². The molecule has 0 saturated heterocycles. The first-order chi connectivity index (χ1) is 13.5. The molecule has 0 aromatic heterocycles. The predicted octanol–water partition coefficient (Wildman–Crippen LogP) is 5.05. The summed E-state index contributed by atoms with van der Waals surface area (Å²) >= 11 is 0. The quantitative estimate of drug-likeness (QED) is 0.542. The van der Waals surface area contributed by atoms with Crippen molar-refractivity contribution in [1.29, 1.82) is 0 Å². The molecule has 144 valence electrons. The molecule has 4 nitrogen and oxygen atoms in total. The summed E-state index contributed by atoms with van der Waals surface area (Å²) in [6, 6.07) is 27.6. The van der Waals surface area contributed by atoms with Crippen LogP contribution in [-0.2, 0) is 11.3 Å². The summed E-state index contributed by atoms with van der Waals surface area (Å²) in [5, 5.41) is 9.62. The van der Waals surface area contributed by atoms with Gasteiger partial charge in [0.1, 0.15) is 0 Å². The SMILES string of the molecule is C[C@H](c1ccccc1)N(Cc1ccccc1)[C@@H](CC(=O)O)c1cccc(N)c1. The van der Waals surface area contributed by atoms with Crippen LogP contribution in [0.2, 0.25) is 0 Å². The van der Waals surface area contributed by atoms with E-state index >= 15 is 0 Å². The number of rotatable bonds is 8. The predicted molar refractivity (Wildman–Crippen MR) is 113 cm³/mol. The summed E-state index contributed by atoms with van der Waals surface area (Å²) in [5.41, 5.74) is 9.85. The maximum atomic E-state index is 11.7. The Morgan fingerprint density at radius 3 is 2.14 bits per heavy atom. The Labute approximate surface area is 166 Å². The van der Waals surface area contributed by atoms with Crippen LogP contribution in [0.3, 0.4) is 0 Å². The smallest absolute Gasteiger partial charge is 0.305 e. The number of nitrogens with zero attached hydrogens (tertiary/aromatic N) is 1. The molecular formula is C24H26N2O2. The van der Waals surface area contributed by atoms with E-state index in [4.69, 9.17) is 5.73 Å². The van der Waals surface area contributed by atoms with Crippen molar-refractivity contribution >= 4 is 11.7 Å². The zero-order chi connectivity index (χ0) is 19.9. The van der Waals surface area contributed by atoms with E-state index in [1.807, 2.05) is 60.7 Å². The minimum absolute atomic E-state index is 0.00740. The first-order valence-electron chi connectivity index (χ1n) is 9.46. The number of carboxylic acid groups (broad SMARTS) is 1. The first-order valence-corrected chi connectivity index (χ1v) is 9.46. The number of carboxylic acids is 1. The van der Waals surface area contributed by atoms with Gasteiger partial charge in [0.05, 0.1) is 6.42 Å². The Bertz CT molecular complexity index is 897. The van der Waals surface area contributed by atoms with Gasteiger partial charge >= 0.3 is 5.97 Å². The maximum Gasteiger partial charge on any atom is 0.305 e. The summed E-state index contributed by atoms with van der Waals surface area (Å²) in [7, 11) is 0. The zero-order valence-corrected chi connectivity index (χ0v) is 16.0. The summed E-state index contributed by atoms with van der Waals surface area (Å²) in [6.07, 6.45) is 0.00740. The van der Waals surface area contributed by atoms with E-state index in [-0.39, 0.29) is 18.5 Å². The number of nitrogens with two attached hydrogens (primary N) is 1. The highest BCUT2D eigenvalue weighted by Crippen LogP contribution is 2.35. The second-order valence-electron chi connectivity index (χ2n) is 7.03. The second-order valence-corrected chi connectivity index (χ2v) is 7.03. The average molecular weight is 374 g/mol. The molecule has 0 spiro atoms. The molecule has 0 fully saturated rings. The highest BCUT2D eigenvalue weighted by atomic mass is 16.4. The maximum absolute atomic E-state index is 11.7. The van der Waals surface area contributed by atoms with Crippen molar-refractivity contribution in [2.45, 2.75) is 32.0 Å². The molecule has 3 aromatic rings. The summed E-state index contributed by atoms with van der Waals surface area (Å²) < 4.78 is 0. The van der Waals surface area contributed by atoms with Crippen molar-refractivity contribution < 1.29 is 9.90 Å². The lowest BCUT2D eigenvalue weighted by Crippen LogP contribution is -2.32. The second kappa shape index (κ2) is 9.20. The number of carbonyl (C=O) groups is 1. The van der Waals surface area contributed by atoms with Crippen LogP contribution in [0.5, 0.6) is 0 Å². The minimum Gasteiger partial charge on any atom is -0.481 e. The lowest BCUT2D eigenvalue weighted by molar-refractivity contribution is -0.138. The van der Waals surface area contributed by atoms with E-state index < -0.39 is 5.97 Å². The molecule has 2 atom stereocenters. The number of anilines is 1. The van der Waals surface area contributed by atoms with E-state index in [1.165, 1.54) is 0 Å². The van der Waals surface area contributed by atoms with E-state index in [0.717, 1.165) is 16.7 Å². The molecule has 3 aromatic carbocycles. The number of benzene rings is 3. The molecule has 0 bridgehead atoms. The molecule has 0 heterocycles. The number of aliphatic carboxylic acids is 1. The van der Waals surface area contributed by atoms with E-state index in [1.54, 1.807) is 0 Å².